The molecule has 3 aromatic rings. The number of hydrogen-bond acceptors (Lipinski definition) is 4. The van der Waals surface area contributed by atoms with Crippen molar-refractivity contribution in [1.82, 2.24) is 9.47 Å². The fourth-order valence-corrected chi connectivity index (χ4v) is 4.11. The predicted octanol–water partition coefficient (Wildman–Crippen LogP) is 3.86. The molecule has 1 fully saturated rings. The van der Waals surface area contributed by atoms with Crippen molar-refractivity contribution in [2.24, 2.45) is 0 Å². The number of anilines is 1. The molecule has 1 saturated heterocycles. The Bertz CT molecular complexity index is 1000. The van der Waals surface area contributed by atoms with Crippen LogP contribution in [0.1, 0.15) is 33.1 Å². The highest BCUT2D eigenvalue weighted by Crippen LogP contribution is 2.24. The van der Waals surface area contributed by atoms with Crippen molar-refractivity contribution in [3.05, 3.63) is 77.0 Å². The van der Waals surface area contributed by atoms with Gasteiger partial charge in [-0.25, -0.2) is 0 Å². The molecule has 0 bridgehead atoms. The van der Waals surface area contributed by atoms with Gasteiger partial charge in [0.2, 0.25) is 0 Å². The third-order valence-electron chi connectivity index (χ3n) is 5.80. The third-order valence-corrected chi connectivity index (χ3v) is 5.80. The lowest BCUT2D eigenvalue weighted by Gasteiger charge is -2.31. The molecule has 0 unspecified atom stereocenters. The maximum Gasteiger partial charge on any atom is 0.255 e. The number of carbonyl (C=O) groups is 1. The SMILES string of the molecule is Cc1cc(C(=O)N(C)Cc2ccccc2N2CCOCC2)c(C)n1Cc1ccco1. The number of aryl methyl sites for hydroxylation is 1. The average molecular weight is 408 g/mol. The first-order chi connectivity index (χ1) is 14.5. The van der Waals surface area contributed by atoms with E-state index < -0.39 is 0 Å². The molecule has 6 heteroatoms. The molecule has 0 radical (unpaired) electrons. The van der Waals surface area contributed by atoms with Crippen molar-refractivity contribution in [2.45, 2.75) is 26.9 Å². The van der Waals surface area contributed by atoms with Gasteiger partial charge in [0.25, 0.3) is 5.91 Å². The van der Waals surface area contributed by atoms with Gasteiger partial charge in [-0.1, -0.05) is 18.2 Å². The monoisotopic (exact) mass is 407 g/mol. The van der Waals surface area contributed by atoms with Crippen LogP contribution in [0.2, 0.25) is 0 Å². The Kier molecular flexibility index (Phi) is 5.95. The molecule has 1 aliphatic heterocycles. The lowest BCUT2D eigenvalue weighted by Crippen LogP contribution is -2.37. The summed E-state index contributed by atoms with van der Waals surface area (Å²) in [7, 11) is 1.87. The standard InChI is InChI=1S/C24H29N3O3/c1-18-15-22(19(2)27(18)17-21-8-6-12-30-21)24(28)25(3)16-20-7-4-5-9-23(20)26-10-13-29-14-11-26/h4-9,12,15H,10-11,13-14,16-17H2,1-3H3. The quantitative estimate of drug-likeness (QED) is 0.623. The van der Waals surface area contributed by atoms with Gasteiger partial charge in [0, 0.05) is 43.8 Å². The van der Waals surface area contributed by atoms with Gasteiger partial charge in [0.05, 0.1) is 31.6 Å². The molecule has 4 rings (SSSR count). The third kappa shape index (κ3) is 4.14. The van der Waals surface area contributed by atoms with Crippen LogP contribution < -0.4 is 4.90 Å². The van der Waals surface area contributed by atoms with E-state index in [1.54, 1.807) is 11.2 Å². The zero-order valence-corrected chi connectivity index (χ0v) is 17.9. The van der Waals surface area contributed by atoms with Crippen LogP contribution >= 0.6 is 0 Å². The van der Waals surface area contributed by atoms with E-state index in [2.05, 4.69) is 27.7 Å². The number of para-hydroxylation sites is 1. The van der Waals surface area contributed by atoms with Crippen LogP contribution in [-0.4, -0.2) is 48.7 Å². The highest BCUT2D eigenvalue weighted by Gasteiger charge is 2.21. The molecule has 30 heavy (non-hydrogen) atoms. The van der Waals surface area contributed by atoms with E-state index in [1.165, 1.54) is 5.69 Å². The van der Waals surface area contributed by atoms with Gasteiger partial charge >= 0.3 is 0 Å². The Morgan fingerprint density at radius 2 is 1.87 bits per heavy atom. The van der Waals surface area contributed by atoms with Crippen molar-refractivity contribution in [3.8, 4) is 0 Å². The molecule has 1 amide bonds. The van der Waals surface area contributed by atoms with Gasteiger partial charge in [0.1, 0.15) is 5.76 Å². The summed E-state index contributed by atoms with van der Waals surface area (Å²) in [6, 6.07) is 14.1. The van der Waals surface area contributed by atoms with Crippen LogP contribution in [-0.2, 0) is 17.8 Å². The number of ether oxygens (including phenoxy) is 1. The van der Waals surface area contributed by atoms with Crippen molar-refractivity contribution >= 4 is 11.6 Å². The lowest BCUT2D eigenvalue weighted by atomic mass is 10.1. The molecule has 1 aliphatic rings. The van der Waals surface area contributed by atoms with Gasteiger partial charge < -0.3 is 23.5 Å². The minimum atomic E-state index is 0.0329. The summed E-state index contributed by atoms with van der Waals surface area (Å²) in [5.41, 5.74) is 5.09. The molecule has 0 saturated carbocycles. The first-order valence-electron chi connectivity index (χ1n) is 10.4. The number of hydrogen-bond donors (Lipinski definition) is 0. The first kappa shape index (κ1) is 20.3. The van der Waals surface area contributed by atoms with Crippen LogP contribution in [0, 0.1) is 13.8 Å². The van der Waals surface area contributed by atoms with Gasteiger partial charge in [-0.05, 0) is 43.7 Å². The first-order valence-corrected chi connectivity index (χ1v) is 10.4. The number of rotatable bonds is 6. The second-order valence-electron chi connectivity index (χ2n) is 7.84. The zero-order chi connectivity index (χ0) is 21.1. The van der Waals surface area contributed by atoms with Gasteiger partial charge in [-0.2, -0.15) is 0 Å². The second kappa shape index (κ2) is 8.79. The maximum absolute atomic E-state index is 13.3. The summed E-state index contributed by atoms with van der Waals surface area (Å²) in [6.45, 7) is 8.45. The topological polar surface area (TPSA) is 50.9 Å². The highest BCUT2D eigenvalue weighted by molar-refractivity contribution is 5.95. The van der Waals surface area contributed by atoms with E-state index in [-0.39, 0.29) is 5.91 Å². The smallest absolute Gasteiger partial charge is 0.255 e. The molecule has 158 valence electrons. The van der Waals surface area contributed by atoms with Crippen LogP contribution in [0.5, 0.6) is 0 Å². The predicted molar refractivity (Wildman–Crippen MR) is 117 cm³/mol. The summed E-state index contributed by atoms with van der Waals surface area (Å²) in [4.78, 5) is 17.4. The molecule has 0 atom stereocenters. The summed E-state index contributed by atoms with van der Waals surface area (Å²) in [5, 5.41) is 0. The number of carbonyl (C=O) groups excluding carboxylic acids is 1. The van der Waals surface area contributed by atoms with E-state index in [0.29, 0.717) is 13.1 Å². The van der Waals surface area contributed by atoms with E-state index in [9.17, 15) is 4.79 Å². The van der Waals surface area contributed by atoms with Crippen molar-refractivity contribution in [3.63, 3.8) is 0 Å². The summed E-state index contributed by atoms with van der Waals surface area (Å²) in [5.74, 6) is 0.911. The minimum Gasteiger partial charge on any atom is -0.467 e. The number of morpholine rings is 1. The molecule has 2 aromatic heterocycles. The van der Waals surface area contributed by atoms with Crippen LogP contribution in [0.15, 0.2) is 53.1 Å². The molecule has 0 N–H and O–H groups in total. The summed E-state index contributed by atoms with van der Waals surface area (Å²) < 4.78 is 13.1. The van der Waals surface area contributed by atoms with E-state index >= 15 is 0 Å². The molecule has 1 aromatic carbocycles. The molecule has 0 aliphatic carbocycles. The Morgan fingerprint density at radius 1 is 1.10 bits per heavy atom. The number of furan rings is 1. The minimum absolute atomic E-state index is 0.0329. The Labute approximate surface area is 177 Å². The number of aromatic nitrogens is 1. The van der Waals surface area contributed by atoms with Crippen molar-refractivity contribution < 1.29 is 13.9 Å². The highest BCUT2D eigenvalue weighted by atomic mass is 16.5. The molecule has 3 heterocycles. The van der Waals surface area contributed by atoms with Crippen molar-refractivity contribution in [2.75, 3.05) is 38.3 Å². The fraction of sp³-hybridized carbons (Fsp3) is 0.375. The molecular formula is C24H29N3O3. The van der Waals surface area contributed by atoms with Crippen LogP contribution in [0.25, 0.3) is 0 Å². The van der Waals surface area contributed by atoms with Crippen LogP contribution in [0.4, 0.5) is 5.69 Å². The lowest BCUT2D eigenvalue weighted by molar-refractivity contribution is 0.0784. The van der Waals surface area contributed by atoms with Gasteiger partial charge in [-0.3, -0.25) is 4.79 Å². The maximum atomic E-state index is 13.3. The van der Waals surface area contributed by atoms with Crippen LogP contribution in [0.3, 0.4) is 0 Å². The second-order valence-corrected chi connectivity index (χ2v) is 7.84. The number of nitrogens with zero attached hydrogens (tertiary/aromatic N) is 3. The van der Waals surface area contributed by atoms with Gasteiger partial charge in [0.15, 0.2) is 0 Å². The molecular weight excluding hydrogens is 378 g/mol. The normalized spacial score (nSPS) is 14.2. The number of benzene rings is 1. The van der Waals surface area contributed by atoms with E-state index in [1.807, 2.05) is 45.2 Å². The van der Waals surface area contributed by atoms with Crippen molar-refractivity contribution in [1.29, 1.82) is 0 Å². The molecule has 0 spiro atoms. The van der Waals surface area contributed by atoms with E-state index in [0.717, 1.165) is 54.6 Å². The largest absolute Gasteiger partial charge is 0.467 e. The fourth-order valence-electron chi connectivity index (χ4n) is 4.11. The Hall–Kier alpha value is -2.99. The molecule has 6 nitrogen and oxygen atoms in total. The summed E-state index contributed by atoms with van der Waals surface area (Å²) >= 11 is 0. The van der Waals surface area contributed by atoms with E-state index in [4.69, 9.17) is 9.15 Å². The summed E-state index contributed by atoms with van der Waals surface area (Å²) in [6.07, 6.45) is 1.68. The zero-order valence-electron chi connectivity index (χ0n) is 17.9. The van der Waals surface area contributed by atoms with Gasteiger partial charge in [-0.15, -0.1) is 0 Å². The Balaban J connectivity index is 1.52. The average Bonchev–Trinajstić information content (AvgIpc) is 3.38. The number of amides is 1. The Morgan fingerprint density at radius 3 is 2.60 bits per heavy atom.